The molecule has 3 aromatic rings. The number of rotatable bonds is 6. The number of ether oxygens (including phenoxy) is 3. The Kier molecular flexibility index (Phi) is 7.98. The van der Waals surface area contributed by atoms with Gasteiger partial charge in [0, 0.05) is 28.9 Å². The second kappa shape index (κ2) is 11.2. The molecule has 0 unspecified atom stereocenters. The summed E-state index contributed by atoms with van der Waals surface area (Å²) in [5, 5.41) is 10.8. The van der Waals surface area contributed by atoms with E-state index in [0.717, 1.165) is 23.1 Å². The van der Waals surface area contributed by atoms with Crippen LogP contribution in [0.3, 0.4) is 0 Å². The molecule has 3 aromatic carbocycles. The van der Waals surface area contributed by atoms with Crippen molar-refractivity contribution in [1.82, 2.24) is 0 Å². The van der Waals surface area contributed by atoms with Crippen molar-refractivity contribution in [3.05, 3.63) is 74.6 Å². The van der Waals surface area contributed by atoms with E-state index in [2.05, 4.69) is 0 Å². The maximum Gasteiger partial charge on any atom is 0.337 e. The molecular weight excluding hydrogens is 561 g/mol. The molecule has 42 heavy (non-hydrogen) atoms. The minimum absolute atomic E-state index is 0.246. The summed E-state index contributed by atoms with van der Waals surface area (Å²) in [6, 6.07) is 8.14. The molecule has 0 spiro atoms. The van der Waals surface area contributed by atoms with Gasteiger partial charge in [0.05, 0.1) is 24.3 Å². The number of methoxy groups -OCH3 is 1. The molecule has 2 aliphatic rings. The standard InChI is InChI=1S/C33H35ClFNO6/c1-17-14-25-21(11-12-36(25)31(37)19-9-10-23(34)26(15-19)40-6)28(27(17)30(32(38)39)42-33(3,4)5)22-16-24(35)29-20(18(22)2)8-7-13-41-29/h9-10,14-16,30H,7-8,11-13H2,1-6H3,(H,38,39)/t30-/m0/s1. The van der Waals surface area contributed by atoms with Gasteiger partial charge in [0.25, 0.3) is 5.91 Å². The van der Waals surface area contributed by atoms with Crippen LogP contribution in [0.15, 0.2) is 30.3 Å². The predicted octanol–water partition coefficient (Wildman–Crippen LogP) is 7.24. The van der Waals surface area contributed by atoms with Crippen molar-refractivity contribution in [1.29, 1.82) is 0 Å². The number of hydrogen-bond donors (Lipinski definition) is 1. The van der Waals surface area contributed by atoms with Crippen LogP contribution in [0.5, 0.6) is 11.5 Å². The highest BCUT2D eigenvalue weighted by Gasteiger charge is 2.37. The van der Waals surface area contributed by atoms with E-state index in [-0.39, 0.29) is 11.7 Å². The van der Waals surface area contributed by atoms with E-state index < -0.39 is 23.5 Å². The number of fused-ring (bicyclic) bond motifs is 2. The number of aliphatic carboxylic acids is 1. The first-order valence-electron chi connectivity index (χ1n) is 14.0. The van der Waals surface area contributed by atoms with E-state index in [4.69, 9.17) is 25.8 Å². The van der Waals surface area contributed by atoms with Crippen molar-refractivity contribution >= 4 is 29.2 Å². The molecule has 2 heterocycles. The van der Waals surface area contributed by atoms with Crippen LogP contribution in [-0.2, 0) is 22.4 Å². The molecule has 2 aliphatic heterocycles. The topological polar surface area (TPSA) is 85.3 Å². The van der Waals surface area contributed by atoms with Gasteiger partial charge in [-0.25, -0.2) is 9.18 Å². The van der Waals surface area contributed by atoms with Crippen molar-refractivity contribution in [3.8, 4) is 22.6 Å². The van der Waals surface area contributed by atoms with Crippen molar-refractivity contribution in [3.63, 3.8) is 0 Å². The third-order valence-electron chi connectivity index (χ3n) is 7.84. The van der Waals surface area contributed by atoms with Crippen LogP contribution in [0.4, 0.5) is 10.1 Å². The maximum absolute atomic E-state index is 15.6. The summed E-state index contributed by atoms with van der Waals surface area (Å²) in [7, 11) is 1.49. The Morgan fingerprint density at radius 2 is 1.86 bits per heavy atom. The number of halogens is 2. The van der Waals surface area contributed by atoms with Gasteiger partial charge < -0.3 is 24.2 Å². The van der Waals surface area contributed by atoms with Crippen molar-refractivity contribution in [2.24, 2.45) is 0 Å². The minimum Gasteiger partial charge on any atom is -0.495 e. The maximum atomic E-state index is 15.6. The summed E-state index contributed by atoms with van der Waals surface area (Å²) < 4.78 is 32.7. The molecule has 7 nitrogen and oxygen atoms in total. The van der Waals surface area contributed by atoms with E-state index in [1.165, 1.54) is 13.2 Å². The van der Waals surface area contributed by atoms with E-state index in [9.17, 15) is 14.7 Å². The molecule has 0 saturated carbocycles. The van der Waals surface area contributed by atoms with Crippen LogP contribution in [0, 0.1) is 19.7 Å². The zero-order valence-electron chi connectivity index (χ0n) is 24.7. The lowest BCUT2D eigenvalue weighted by atomic mass is 9.83. The van der Waals surface area contributed by atoms with Gasteiger partial charge in [-0.1, -0.05) is 11.6 Å². The fourth-order valence-electron chi connectivity index (χ4n) is 6.00. The Bertz CT molecular complexity index is 1590. The lowest BCUT2D eigenvalue weighted by molar-refractivity contribution is -0.160. The van der Waals surface area contributed by atoms with Gasteiger partial charge in [-0.2, -0.15) is 0 Å². The number of carboxylic acid groups (broad SMARTS) is 1. The molecule has 5 rings (SSSR count). The van der Waals surface area contributed by atoms with Gasteiger partial charge in [-0.05, 0) is 112 Å². The second-order valence-electron chi connectivity index (χ2n) is 11.8. The molecule has 0 aliphatic carbocycles. The molecule has 0 bridgehead atoms. The number of benzene rings is 3. The van der Waals surface area contributed by atoms with Crippen LogP contribution in [0.1, 0.15) is 71.5 Å². The number of carbonyl (C=O) groups excluding carboxylic acids is 1. The van der Waals surface area contributed by atoms with E-state index in [1.807, 2.05) is 13.0 Å². The quantitative estimate of drug-likeness (QED) is 0.323. The van der Waals surface area contributed by atoms with Crippen molar-refractivity contribution < 1.29 is 33.3 Å². The third-order valence-corrected chi connectivity index (χ3v) is 8.15. The van der Waals surface area contributed by atoms with Crippen LogP contribution < -0.4 is 14.4 Å². The first-order valence-corrected chi connectivity index (χ1v) is 14.4. The number of carbonyl (C=O) groups is 2. The smallest absolute Gasteiger partial charge is 0.337 e. The normalized spacial score (nSPS) is 15.1. The lowest BCUT2D eigenvalue weighted by Gasteiger charge is -2.30. The Morgan fingerprint density at radius 3 is 2.52 bits per heavy atom. The summed E-state index contributed by atoms with van der Waals surface area (Å²) in [5.74, 6) is -1.24. The van der Waals surface area contributed by atoms with Gasteiger partial charge in [-0.3, -0.25) is 4.79 Å². The van der Waals surface area contributed by atoms with Crippen LogP contribution in [-0.4, -0.2) is 42.8 Å². The molecule has 222 valence electrons. The fourth-order valence-corrected chi connectivity index (χ4v) is 6.20. The SMILES string of the molecule is COc1cc(C(=O)N2CCc3c2cc(C)c([C@H](OC(C)(C)C)C(=O)O)c3-c2cc(F)c3c(c2C)CCCO3)ccc1Cl. The number of anilines is 1. The second-order valence-corrected chi connectivity index (χ2v) is 12.2. The zero-order chi connectivity index (χ0) is 30.5. The van der Waals surface area contributed by atoms with Crippen LogP contribution in [0.25, 0.3) is 11.1 Å². The summed E-state index contributed by atoms with van der Waals surface area (Å²) in [6.07, 6.45) is 0.544. The number of amides is 1. The molecule has 1 atom stereocenters. The van der Waals surface area contributed by atoms with Crippen molar-refractivity contribution in [2.75, 3.05) is 25.2 Å². The molecule has 0 radical (unpaired) electrons. The lowest BCUT2D eigenvalue weighted by Crippen LogP contribution is -2.29. The van der Waals surface area contributed by atoms with Gasteiger partial charge in [-0.15, -0.1) is 0 Å². The fraction of sp³-hybridized carbons (Fsp3) is 0.394. The summed E-state index contributed by atoms with van der Waals surface area (Å²) in [4.78, 5) is 28.2. The zero-order valence-corrected chi connectivity index (χ0v) is 25.4. The highest BCUT2D eigenvalue weighted by Crippen LogP contribution is 2.48. The van der Waals surface area contributed by atoms with E-state index in [0.29, 0.717) is 70.3 Å². The predicted molar refractivity (Wildman–Crippen MR) is 160 cm³/mol. The van der Waals surface area contributed by atoms with E-state index >= 15 is 4.39 Å². The molecule has 9 heteroatoms. The van der Waals surface area contributed by atoms with E-state index in [1.54, 1.807) is 50.8 Å². The molecule has 0 fully saturated rings. The third kappa shape index (κ3) is 5.34. The van der Waals surface area contributed by atoms with Gasteiger partial charge in [0.15, 0.2) is 17.7 Å². The molecule has 0 saturated heterocycles. The summed E-state index contributed by atoms with van der Waals surface area (Å²) >= 11 is 6.20. The Morgan fingerprint density at radius 1 is 1.12 bits per heavy atom. The minimum atomic E-state index is -1.31. The first-order chi connectivity index (χ1) is 19.8. The number of nitrogens with zero attached hydrogens (tertiary/aromatic N) is 1. The van der Waals surface area contributed by atoms with Gasteiger partial charge >= 0.3 is 5.97 Å². The average molecular weight is 596 g/mol. The van der Waals surface area contributed by atoms with Crippen molar-refractivity contribution in [2.45, 2.75) is 65.6 Å². The van der Waals surface area contributed by atoms with Gasteiger partial charge in [0.2, 0.25) is 0 Å². The molecule has 0 aromatic heterocycles. The highest BCUT2D eigenvalue weighted by atomic mass is 35.5. The van der Waals surface area contributed by atoms with Crippen LogP contribution >= 0.6 is 11.6 Å². The highest BCUT2D eigenvalue weighted by molar-refractivity contribution is 6.32. The van der Waals surface area contributed by atoms with Crippen LogP contribution in [0.2, 0.25) is 5.02 Å². The average Bonchev–Trinajstić information content (AvgIpc) is 3.36. The monoisotopic (exact) mass is 595 g/mol. The summed E-state index contributed by atoms with van der Waals surface area (Å²) in [5.41, 5.74) is 4.92. The molecule has 1 amide bonds. The number of hydrogen-bond acceptors (Lipinski definition) is 5. The molecular formula is C33H35ClFNO6. The largest absolute Gasteiger partial charge is 0.495 e. The van der Waals surface area contributed by atoms with Gasteiger partial charge in [0.1, 0.15) is 5.75 Å². The number of aryl methyl sites for hydroxylation is 1. The Labute approximate surface area is 250 Å². The Balaban J connectivity index is 1.76. The Hall–Kier alpha value is -3.62. The summed E-state index contributed by atoms with van der Waals surface area (Å²) in [6.45, 7) is 9.93. The number of carboxylic acids is 1. The first kappa shape index (κ1) is 29.9. The molecule has 1 N–H and O–H groups in total.